The molecule has 1 aliphatic carbocycles. The summed E-state index contributed by atoms with van der Waals surface area (Å²) in [7, 11) is 1.98. The zero-order valence-electron chi connectivity index (χ0n) is 35.3. The van der Waals surface area contributed by atoms with Gasteiger partial charge in [-0.2, -0.15) is 5.10 Å². The first-order chi connectivity index (χ1) is 26.4. The highest BCUT2D eigenvalue weighted by molar-refractivity contribution is 6.32. The largest absolute Gasteiger partial charge is 0.494 e. The molecule has 4 aromatic rings. The van der Waals surface area contributed by atoms with Crippen LogP contribution in [0.3, 0.4) is 0 Å². The van der Waals surface area contributed by atoms with Gasteiger partial charge in [0, 0.05) is 73.5 Å². The van der Waals surface area contributed by atoms with Crippen LogP contribution in [0, 0.1) is 33.6 Å². The maximum absolute atomic E-state index is 14.8. The molecule has 56 heavy (non-hydrogen) atoms. The number of aromatic nitrogens is 3. The van der Waals surface area contributed by atoms with Gasteiger partial charge in [0.05, 0.1) is 17.8 Å². The second-order valence-corrected chi connectivity index (χ2v) is 18.0. The minimum Gasteiger partial charge on any atom is -0.494 e. The summed E-state index contributed by atoms with van der Waals surface area (Å²) in [5.74, 6) is 1.25. The Morgan fingerprint density at radius 3 is 2.21 bits per heavy atom. The first kappa shape index (κ1) is 41.6. The number of amides is 1. The molecule has 2 aromatic heterocycles. The van der Waals surface area contributed by atoms with Gasteiger partial charge in [-0.25, -0.2) is 9.59 Å². The summed E-state index contributed by atoms with van der Waals surface area (Å²) in [6, 6.07) is 10.4. The molecular weight excluding hydrogens is 726 g/mol. The number of carbonyl (C=O) groups excluding carboxylic acids is 2. The van der Waals surface area contributed by atoms with E-state index in [1.807, 2.05) is 72.3 Å². The molecule has 0 spiro atoms. The van der Waals surface area contributed by atoms with Crippen molar-refractivity contribution in [1.82, 2.24) is 24.1 Å². The summed E-state index contributed by atoms with van der Waals surface area (Å²) in [5, 5.41) is 6.59. The van der Waals surface area contributed by atoms with E-state index >= 15 is 0 Å². The van der Waals surface area contributed by atoms with Gasteiger partial charge in [0.15, 0.2) is 0 Å². The number of rotatable bonds is 14. The predicted octanol–water partition coefficient (Wildman–Crippen LogP) is 9.62. The number of carbonyl (C=O) groups is 2. The standard InChI is InChI=1S/C45H62ClN5O5/c1-29-27-34(28-30(2)39(29)46)54-26-12-15-36-35-13-11-14-37(38-31(3)47-48(10)32(38)4)40(35)51(41(36)42(52)55-45(8,9)19-18-33-16-17-33)25-22-49-20-23-50(24-21-49)43(53)56-44(5,6)7/h11,13-14,27-28,33H,12,15-26H2,1-10H3. The third kappa shape index (κ3) is 9.74. The molecule has 2 fully saturated rings. The first-order valence-electron chi connectivity index (χ1n) is 20.4. The fourth-order valence-corrected chi connectivity index (χ4v) is 8.12. The summed E-state index contributed by atoms with van der Waals surface area (Å²) >= 11 is 6.44. The van der Waals surface area contributed by atoms with E-state index in [2.05, 4.69) is 41.5 Å². The van der Waals surface area contributed by atoms with Crippen LogP contribution in [0.2, 0.25) is 5.02 Å². The monoisotopic (exact) mass is 787 g/mol. The van der Waals surface area contributed by atoms with Crippen LogP contribution in [-0.2, 0) is 29.5 Å². The number of piperazine rings is 1. The molecule has 3 heterocycles. The number of para-hydroxylation sites is 1. The summed E-state index contributed by atoms with van der Waals surface area (Å²) in [4.78, 5) is 31.8. The third-order valence-electron chi connectivity index (χ3n) is 11.3. The van der Waals surface area contributed by atoms with Crippen molar-refractivity contribution in [3.8, 4) is 16.9 Å². The van der Waals surface area contributed by atoms with Crippen molar-refractivity contribution >= 4 is 34.6 Å². The molecule has 10 nitrogen and oxygen atoms in total. The molecule has 1 saturated carbocycles. The van der Waals surface area contributed by atoms with Crippen LogP contribution >= 0.6 is 11.6 Å². The van der Waals surface area contributed by atoms with Crippen molar-refractivity contribution < 1.29 is 23.8 Å². The molecule has 6 rings (SSSR count). The Kier molecular flexibility index (Phi) is 12.5. The SMILES string of the molecule is Cc1cc(OCCCc2c(C(=O)OC(C)(C)CCC3CC3)n(CCN3CCN(C(=O)OC(C)(C)C)CC3)c3c(-c4c(C)nn(C)c4C)cccc23)cc(C)c1Cl. The molecule has 2 aliphatic rings. The lowest BCUT2D eigenvalue weighted by Crippen LogP contribution is -2.50. The van der Waals surface area contributed by atoms with Gasteiger partial charge >= 0.3 is 12.1 Å². The number of nitrogens with zero attached hydrogens (tertiary/aromatic N) is 5. The Labute approximate surface area is 338 Å². The van der Waals surface area contributed by atoms with Crippen LogP contribution in [0.1, 0.15) is 105 Å². The highest BCUT2D eigenvalue weighted by atomic mass is 35.5. The van der Waals surface area contributed by atoms with Crippen molar-refractivity contribution in [3.63, 3.8) is 0 Å². The maximum atomic E-state index is 14.8. The highest BCUT2D eigenvalue weighted by Crippen LogP contribution is 2.40. The normalized spacial score (nSPS) is 15.4. The average molecular weight is 788 g/mol. The minimum absolute atomic E-state index is 0.273. The van der Waals surface area contributed by atoms with Crippen LogP contribution in [0.4, 0.5) is 4.79 Å². The fraction of sp³-hybridized carbons (Fsp3) is 0.578. The Morgan fingerprint density at radius 2 is 1.61 bits per heavy atom. The summed E-state index contributed by atoms with van der Waals surface area (Å²) < 4.78 is 22.6. The molecule has 11 heteroatoms. The van der Waals surface area contributed by atoms with Crippen LogP contribution in [0.25, 0.3) is 22.0 Å². The average Bonchev–Trinajstić information content (AvgIpc) is 3.85. The first-order valence-corrected chi connectivity index (χ1v) is 20.8. The number of hydrogen-bond acceptors (Lipinski definition) is 7. The Hall–Kier alpha value is -4.02. The van der Waals surface area contributed by atoms with E-state index in [0.717, 1.165) is 79.6 Å². The quantitative estimate of drug-likeness (QED) is 0.0929. The lowest BCUT2D eigenvalue weighted by atomic mass is 9.98. The number of hydrogen-bond donors (Lipinski definition) is 0. The number of ether oxygens (including phenoxy) is 3. The molecule has 1 amide bonds. The van der Waals surface area contributed by atoms with Crippen LogP contribution in [-0.4, -0.2) is 86.7 Å². The molecule has 2 aromatic carbocycles. The summed E-state index contributed by atoms with van der Waals surface area (Å²) in [6.45, 7) is 22.3. The van der Waals surface area contributed by atoms with Gasteiger partial charge in [-0.15, -0.1) is 0 Å². The zero-order valence-corrected chi connectivity index (χ0v) is 36.1. The van der Waals surface area contributed by atoms with Gasteiger partial charge in [-0.3, -0.25) is 9.58 Å². The number of aryl methyl sites for hydroxylation is 5. The van der Waals surface area contributed by atoms with E-state index < -0.39 is 11.2 Å². The van der Waals surface area contributed by atoms with Crippen LogP contribution in [0.5, 0.6) is 5.75 Å². The van der Waals surface area contributed by atoms with E-state index in [4.69, 9.17) is 30.9 Å². The highest BCUT2D eigenvalue weighted by Gasteiger charge is 2.33. The van der Waals surface area contributed by atoms with Gasteiger partial charge in [0.1, 0.15) is 22.6 Å². The number of benzene rings is 2. The molecule has 1 aliphatic heterocycles. The van der Waals surface area contributed by atoms with Crippen molar-refractivity contribution in [2.24, 2.45) is 13.0 Å². The second kappa shape index (κ2) is 16.8. The lowest BCUT2D eigenvalue weighted by molar-refractivity contribution is -0.00727. The topological polar surface area (TPSA) is 91.1 Å². The van der Waals surface area contributed by atoms with E-state index in [9.17, 15) is 9.59 Å². The van der Waals surface area contributed by atoms with Gasteiger partial charge in [0.2, 0.25) is 0 Å². The van der Waals surface area contributed by atoms with E-state index in [-0.39, 0.29) is 12.1 Å². The lowest BCUT2D eigenvalue weighted by Gasteiger charge is -2.35. The van der Waals surface area contributed by atoms with Crippen molar-refractivity contribution in [3.05, 3.63) is 69.1 Å². The smallest absolute Gasteiger partial charge is 0.410 e. The van der Waals surface area contributed by atoms with E-state index in [1.54, 1.807) is 4.90 Å². The van der Waals surface area contributed by atoms with Crippen LogP contribution < -0.4 is 4.74 Å². The Bertz CT molecular complexity index is 2040. The molecule has 0 N–H and O–H groups in total. The zero-order chi connectivity index (χ0) is 40.5. The molecule has 1 saturated heterocycles. The maximum Gasteiger partial charge on any atom is 0.410 e. The third-order valence-corrected chi connectivity index (χ3v) is 11.9. The molecule has 0 radical (unpaired) electrons. The second-order valence-electron chi connectivity index (χ2n) is 17.6. The summed E-state index contributed by atoms with van der Waals surface area (Å²) in [6.07, 6.45) is 5.48. The molecule has 304 valence electrons. The van der Waals surface area contributed by atoms with Crippen molar-refractivity contribution in [2.75, 3.05) is 39.3 Å². The molecule has 0 bridgehead atoms. The Balaban J connectivity index is 1.36. The number of esters is 1. The van der Waals surface area contributed by atoms with Gasteiger partial charge in [0.25, 0.3) is 0 Å². The number of fused-ring (bicyclic) bond motifs is 1. The van der Waals surface area contributed by atoms with Crippen LogP contribution in [0.15, 0.2) is 30.3 Å². The van der Waals surface area contributed by atoms with Gasteiger partial charge in [-0.1, -0.05) is 42.6 Å². The Morgan fingerprint density at radius 1 is 0.929 bits per heavy atom. The van der Waals surface area contributed by atoms with Gasteiger partial charge < -0.3 is 23.7 Å². The summed E-state index contributed by atoms with van der Waals surface area (Å²) in [5.41, 5.74) is 7.56. The minimum atomic E-state index is -0.608. The van der Waals surface area contributed by atoms with E-state index in [1.165, 1.54) is 12.8 Å². The molecular formula is C45H62ClN5O5. The van der Waals surface area contributed by atoms with Crippen molar-refractivity contribution in [2.45, 2.75) is 119 Å². The van der Waals surface area contributed by atoms with Crippen molar-refractivity contribution in [1.29, 1.82) is 0 Å². The molecule has 0 unspecified atom stereocenters. The number of halogens is 1. The van der Waals surface area contributed by atoms with E-state index in [0.29, 0.717) is 64.4 Å². The predicted molar refractivity (Wildman–Crippen MR) is 224 cm³/mol. The molecule has 0 atom stereocenters. The fourth-order valence-electron chi connectivity index (χ4n) is 8.01. The van der Waals surface area contributed by atoms with Gasteiger partial charge in [-0.05, 0) is 123 Å².